The van der Waals surface area contributed by atoms with Gasteiger partial charge in [0.1, 0.15) is 0 Å². The number of fused-ring (bicyclic) bond motifs is 6. The molecule has 0 aromatic heterocycles. The average molecular weight is 1790 g/mol. The summed E-state index contributed by atoms with van der Waals surface area (Å²) in [6.07, 6.45) is 6.64. The van der Waals surface area contributed by atoms with E-state index in [4.69, 9.17) is 0 Å². The summed E-state index contributed by atoms with van der Waals surface area (Å²) in [6.45, 7) is 65.6. The van der Waals surface area contributed by atoms with E-state index in [9.17, 15) is 0 Å². The predicted octanol–water partition coefficient (Wildman–Crippen LogP) is 39.0. The van der Waals surface area contributed by atoms with Crippen LogP contribution in [0.15, 0.2) is 322 Å². The fraction of sp³-hybridized carbons (Fsp3) is 0.328. The third-order valence-electron chi connectivity index (χ3n) is 29.8. The number of hydrogen-bond acceptors (Lipinski definition) is 2. The van der Waals surface area contributed by atoms with Crippen molar-refractivity contribution < 1.29 is 0 Å². The van der Waals surface area contributed by atoms with Crippen molar-refractivity contribution in [2.24, 2.45) is 0 Å². The fourth-order valence-corrected chi connectivity index (χ4v) is 20.9. The van der Waals surface area contributed by atoms with Gasteiger partial charge in [0.15, 0.2) is 0 Å². The third-order valence-corrected chi connectivity index (χ3v) is 29.8. The van der Waals surface area contributed by atoms with E-state index in [1.165, 1.54) is 216 Å². The minimum Gasteiger partial charge on any atom is -0.310 e. The van der Waals surface area contributed by atoms with Gasteiger partial charge in [-0.3, -0.25) is 0 Å². The van der Waals surface area contributed by atoms with Gasteiger partial charge in [-0.15, -0.1) is 0 Å². The van der Waals surface area contributed by atoms with E-state index in [1.807, 2.05) is 0 Å². The maximum absolute atomic E-state index is 2.50. The zero-order valence-electron chi connectivity index (χ0n) is 87.1. The number of nitrogens with zero attached hydrogens (tertiary/aromatic N) is 2. The summed E-state index contributed by atoms with van der Waals surface area (Å²) < 4.78 is 0. The highest BCUT2D eigenvalue weighted by atomic mass is 15.2. The molecule has 2 nitrogen and oxygen atoms in total. The molecule has 0 bridgehead atoms. The molecule has 2 heteroatoms. The van der Waals surface area contributed by atoms with Gasteiger partial charge in [-0.1, -0.05) is 444 Å². The van der Waals surface area contributed by atoms with Crippen LogP contribution in [0.1, 0.15) is 304 Å². The van der Waals surface area contributed by atoms with Gasteiger partial charge in [0.05, 0.1) is 5.69 Å². The van der Waals surface area contributed by atoms with Crippen LogP contribution in [-0.4, -0.2) is 0 Å². The molecule has 0 amide bonds. The summed E-state index contributed by atoms with van der Waals surface area (Å²) in [5, 5.41) is 0. The summed E-state index contributed by atoms with van der Waals surface area (Å²) in [4.78, 5) is 4.98. The highest BCUT2D eigenvalue weighted by Crippen LogP contribution is 2.55. The number of hydrogen-bond donors (Lipinski definition) is 0. The molecule has 1 saturated carbocycles. The molecule has 0 atom stereocenters. The first-order chi connectivity index (χ1) is 63.9. The van der Waals surface area contributed by atoms with Crippen molar-refractivity contribution >= 4 is 34.1 Å². The zero-order chi connectivity index (χ0) is 97.1. The van der Waals surface area contributed by atoms with E-state index in [1.54, 1.807) is 0 Å². The van der Waals surface area contributed by atoms with E-state index >= 15 is 0 Å². The van der Waals surface area contributed by atoms with Gasteiger partial charge in [0.25, 0.3) is 0 Å². The number of anilines is 6. The lowest BCUT2D eigenvalue weighted by Crippen LogP contribution is -2.17. The Hall–Kier alpha value is -12.1. The number of benzene rings is 15. The van der Waals surface area contributed by atoms with E-state index in [0.29, 0.717) is 5.92 Å². The van der Waals surface area contributed by atoms with Gasteiger partial charge in [0.2, 0.25) is 0 Å². The second-order valence-corrected chi connectivity index (χ2v) is 49.2. The first kappa shape index (κ1) is 95.6. The molecule has 1 fully saturated rings. The van der Waals surface area contributed by atoms with Crippen molar-refractivity contribution in [1.29, 1.82) is 0 Å². The topological polar surface area (TPSA) is 6.48 Å². The highest BCUT2D eigenvalue weighted by molar-refractivity contribution is 5.94. The fourth-order valence-electron chi connectivity index (χ4n) is 20.9. The van der Waals surface area contributed by atoms with Crippen LogP contribution in [0.3, 0.4) is 0 Å². The monoisotopic (exact) mass is 1790 g/mol. The quantitative estimate of drug-likeness (QED) is 0.107. The molecule has 0 spiro atoms. The lowest BCUT2D eigenvalue weighted by atomic mass is 9.77. The summed E-state index contributed by atoms with van der Waals surface area (Å²) >= 11 is 0. The Morgan fingerprint density at radius 2 is 0.456 bits per heavy atom. The van der Waals surface area contributed by atoms with Gasteiger partial charge in [0, 0.05) is 44.8 Å². The maximum atomic E-state index is 2.50. The minimum absolute atomic E-state index is 0.0210. The second-order valence-electron chi connectivity index (χ2n) is 49.2. The summed E-state index contributed by atoms with van der Waals surface area (Å²) in [5.74, 6) is 0.660. The standard InChI is InChI=1S/C67H71N.C67H77N/c1-63(2,3)51-35-46(33-47(36-51)48-34-49(38-52(37-48)64(4,5)6)50-39-53(65(7,8)9)42-54(40-50)66(10,11)12)45-25-22-26-55(41-45)68(62-30-21-19-27-57(62)44-23-16-15-17-24-44)56-31-32-59-58-28-18-20-29-60(58)67(13,14)61(59)43-56;1-63(2,3)52-35-47(33-48(36-52)49-34-50(38-53(37-49)64(4,5)6)51-39-54(65(7,8)9)42-55(40-51)66(10,11)12)46-23-20-24-57(41-46)68(56-29-27-45(28-30-56)44-21-16-15-17-22-44)58-31-32-60-59-25-18-19-26-61(59)67(13,14)62(60)43-58/h15-43H,1-14H3;18-20,23-44H,15-17,21-22H2,1-14H3. The van der Waals surface area contributed by atoms with E-state index in [2.05, 4.69) is 525 Å². The SMILES string of the molecule is CC(C)(C)c1cc(-c2cccc(N(c3ccc(C4CCCCC4)cc3)c3ccc4c(c3)C(C)(C)c3ccccc3-4)c2)cc(-c2cc(-c3cc(C(C)(C)C)cc(C(C)(C)C)c3)cc(C(C)(C)C)c2)c1.CC(C)(C)c1cc(-c2cccc(N(c3ccc4c(c3)C(C)(C)c3ccccc3-4)c3ccccc3-c3ccccc3)c2)cc(-c2cc(-c3cc(C(C)(C)C)cc(C(C)(C)C)c3)cc(C(C)(C)C)c2)c1. The molecule has 3 aliphatic carbocycles. The van der Waals surface area contributed by atoms with Gasteiger partial charge in [-0.05, 0) is 320 Å². The van der Waals surface area contributed by atoms with E-state index in [-0.39, 0.29) is 54.1 Å². The normalized spacial score (nSPS) is 14.4. The van der Waals surface area contributed by atoms with Gasteiger partial charge in [-0.2, -0.15) is 0 Å². The molecule has 0 unspecified atom stereocenters. The molecular weight excluding hydrogens is 1640 g/mol. The molecule has 0 saturated heterocycles. The largest absolute Gasteiger partial charge is 0.310 e. The van der Waals surface area contributed by atoms with Crippen LogP contribution >= 0.6 is 0 Å². The molecule has 0 heterocycles. The third kappa shape index (κ3) is 19.7. The highest BCUT2D eigenvalue weighted by Gasteiger charge is 2.39. The summed E-state index contributed by atoms with van der Waals surface area (Å²) in [7, 11) is 0. The predicted molar refractivity (Wildman–Crippen MR) is 591 cm³/mol. The van der Waals surface area contributed by atoms with Crippen molar-refractivity contribution in [3.63, 3.8) is 0 Å². The molecule has 15 aromatic carbocycles. The molecular formula is C134H148N2. The van der Waals surface area contributed by atoms with Crippen molar-refractivity contribution in [2.45, 2.75) is 286 Å². The van der Waals surface area contributed by atoms with Crippen LogP contribution in [0.2, 0.25) is 0 Å². The Balaban J connectivity index is 0.000000189. The lowest BCUT2D eigenvalue weighted by molar-refractivity contribution is 0.443. The summed E-state index contributed by atoms with van der Waals surface area (Å²) in [6, 6.07) is 124. The van der Waals surface area contributed by atoms with E-state index < -0.39 is 0 Å². The van der Waals surface area contributed by atoms with Gasteiger partial charge in [-0.25, -0.2) is 0 Å². The molecule has 3 aliphatic rings. The molecule has 136 heavy (non-hydrogen) atoms. The Bertz CT molecular complexity index is 6920. The molecule has 15 aromatic rings. The molecule has 0 N–H and O–H groups in total. The van der Waals surface area contributed by atoms with Gasteiger partial charge >= 0.3 is 0 Å². The average Bonchev–Trinajstić information content (AvgIpc) is 1.58. The van der Waals surface area contributed by atoms with Crippen LogP contribution in [0.25, 0.3) is 100 Å². The lowest BCUT2D eigenvalue weighted by Gasteiger charge is -2.30. The Labute approximate surface area is 818 Å². The van der Waals surface area contributed by atoms with Crippen LogP contribution in [0, 0.1) is 0 Å². The van der Waals surface area contributed by atoms with Crippen molar-refractivity contribution in [3.8, 4) is 100 Å². The van der Waals surface area contributed by atoms with Crippen LogP contribution in [0.5, 0.6) is 0 Å². The van der Waals surface area contributed by atoms with Crippen LogP contribution < -0.4 is 9.80 Å². The molecule has 0 radical (unpaired) electrons. The first-order valence-electron chi connectivity index (χ1n) is 50.4. The zero-order valence-corrected chi connectivity index (χ0v) is 87.1. The van der Waals surface area contributed by atoms with E-state index in [0.717, 1.165) is 22.7 Å². The number of rotatable bonds is 14. The van der Waals surface area contributed by atoms with Crippen molar-refractivity contribution in [3.05, 3.63) is 394 Å². The Kier molecular flexibility index (Phi) is 25.2. The van der Waals surface area contributed by atoms with Crippen molar-refractivity contribution in [2.75, 3.05) is 9.80 Å². The maximum Gasteiger partial charge on any atom is 0.0540 e. The molecule has 694 valence electrons. The smallest absolute Gasteiger partial charge is 0.0540 e. The van der Waals surface area contributed by atoms with Crippen molar-refractivity contribution in [1.82, 2.24) is 0 Å². The first-order valence-corrected chi connectivity index (χ1v) is 50.4. The van der Waals surface area contributed by atoms with Crippen LogP contribution in [-0.2, 0) is 54.1 Å². The van der Waals surface area contributed by atoms with Gasteiger partial charge < -0.3 is 9.80 Å². The molecule has 18 rings (SSSR count). The minimum atomic E-state index is -0.132. The Morgan fingerprint density at radius 3 is 0.809 bits per heavy atom. The Morgan fingerprint density at radius 1 is 0.191 bits per heavy atom. The molecule has 0 aliphatic heterocycles. The second kappa shape index (κ2) is 35.8. The van der Waals surface area contributed by atoms with Crippen LogP contribution in [0.4, 0.5) is 34.1 Å². The number of para-hydroxylation sites is 1. The summed E-state index contributed by atoms with van der Waals surface area (Å²) in [5.41, 5.74) is 47.1.